The van der Waals surface area contributed by atoms with Crippen molar-refractivity contribution in [2.75, 3.05) is 52.6 Å². The zero-order valence-electron chi connectivity index (χ0n) is 45.0. The highest BCUT2D eigenvalue weighted by molar-refractivity contribution is 6.03. The van der Waals surface area contributed by atoms with Gasteiger partial charge in [-0.1, -0.05) is 133 Å². The van der Waals surface area contributed by atoms with Crippen LogP contribution in [0.1, 0.15) is 73.1 Å². The largest absolute Gasteiger partial charge is 0.497 e. The number of carbonyl (C=O) groups is 2. The summed E-state index contributed by atoms with van der Waals surface area (Å²) in [6.07, 6.45) is 6.84. The van der Waals surface area contributed by atoms with Gasteiger partial charge in [0.05, 0.1) is 57.9 Å². The van der Waals surface area contributed by atoms with Crippen molar-refractivity contribution in [3.8, 4) is 23.0 Å². The predicted octanol–water partition coefficient (Wildman–Crippen LogP) is 12.2. The number of carbonyl (C=O) groups excluding carboxylic acids is 2. The highest BCUT2D eigenvalue weighted by atomic mass is 16.7. The zero-order valence-corrected chi connectivity index (χ0v) is 45.0. The molecule has 9 rings (SSSR count). The second-order valence-corrected chi connectivity index (χ2v) is 20.0. The van der Waals surface area contributed by atoms with E-state index in [1.54, 1.807) is 48.4 Å². The van der Waals surface area contributed by atoms with Crippen LogP contribution in [0.2, 0.25) is 0 Å². The maximum Gasteiger partial charge on any atom is 0.417 e. The average Bonchev–Trinajstić information content (AvgIpc) is 3.67. The normalized spacial score (nSPS) is 20.4. The van der Waals surface area contributed by atoms with Crippen molar-refractivity contribution in [2.45, 2.75) is 82.5 Å². The van der Waals surface area contributed by atoms with Gasteiger partial charge in [-0.3, -0.25) is 10.2 Å². The Morgan fingerprint density at radius 3 is 2.27 bits per heavy atom. The Morgan fingerprint density at radius 2 is 1.52 bits per heavy atom. The fraction of sp³-hybridized carbons (Fsp3) is 0.359. The molecule has 15 heteroatoms. The Balaban J connectivity index is 1.19. The Kier molecular flexibility index (Phi) is 19.3. The maximum absolute atomic E-state index is 15.4. The second-order valence-electron chi connectivity index (χ2n) is 20.0. The van der Waals surface area contributed by atoms with Crippen molar-refractivity contribution in [2.24, 2.45) is 22.9 Å². The number of anilines is 1. The summed E-state index contributed by atoms with van der Waals surface area (Å²) in [5, 5.41) is 30.1. The van der Waals surface area contributed by atoms with Crippen LogP contribution in [0.4, 0.5) is 15.3 Å². The van der Waals surface area contributed by atoms with Crippen molar-refractivity contribution in [3.63, 3.8) is 0 Å². The van der Waals surface area contributed by atoms with Gasteiger partial charge in [0.25, 0.3) is 0 Å². The van der Waals surface area contributed by atoms with Crippen LogP contribution in [0.15, 0.2) is 169 Å². The third-order valence-corrected chi connectivity index (χ3v) is 15.1. The molecular formula is C64H71N3O12. The lowest BCUT2D eigenvalue weighted by molar-refractivity contribution is -0.256. The molecule has 3 aliphatic rings. The molecule has 0 saturated heterocycles. The molecule has 6 aromatic carbocycles. The van der Waals surface area contributed by atoms with E-state index in [1.165, 1.54) is 7.11 Å². The Labute approximate surface area is 462 Å². The van der Waals surface area contributed by atoms with Gasteiger partial charge in [0.15, 0.2) is 0 Å². The number of unbranched alkanes of at least 4 members (excludes halogenated alkanes) is 2. The van der Waals surface area contributed by atoms with Crippen molar-refractivity contribution in [1.29, 1.82) is 0 Å². The highest BCUT2D eigenvalue weighted by Crippen LogP contribution is 2.62. The molecule has 1 aliphatic heterocycles. The number of benzene rings is 6. The first-order valence-corrected chi connectivity index (χ1v) is 27.2. The first-order chi connectivity index (χ1) is 38.8. The minimum Gasteiger partial charge on any atom is -0.497 e. The number of aliphatic hydroxyl groups excluding tert-OH is 2. The summed E-state index contributed by atoms with van der Waals surface area (Å²) < 4.78 is 44.1. The van der Waals surface area contributed by atoms with Crippen LogP contribution in [-0.4, -0.2) is 92.1 Å². The van der Waals surface area contributed by atoms with Crippen LogP contribution >= 0.6 is 0 Å². The minimum atomic E-state index is -1.61. The van der Waals surface area contributed by atoms with E-state index >= 15 is 4.79 Å². The van der Waals surface area contributed by atoms with Gasteiger partial charge < -0.3 is 48.2 Å². The summed E-state index contributed by atoms with van der Waals surface area (Å²) in [6.45, 7) is 4.99. The van der Waals surface area contributed by atoms with Gasteiger partial charge in [0.2, 0.25) is 5.79 Å². The SMILES string of the molecule is C=CCOC12Oc3ccc(OC(=O)Nc4ccc(OC)cc4OC)cc3C3C(CCCCO)C(CCCCO)C=C(C(=NOCc4ccccc4)CC1N(Cc1cccc4ccccc14)C(=O)OCCOCc1ccccc1)C32. The summed E-state index contributed by atoms with van der Waals surface area (Å²) in [4.78, 5) is 37.3. The molecule has 6 unspecified atom stereocenters. The average molecular weight is 1070 g/mol. The third-order valence-electron chi connectivity index (χ3n) is 15.1. The maximum atomic E-state index is 15.4. The van der Waals surface area contributed by atoms with Crippen LogP contribution in [0.25, 0.3) is 10.8 Å². The summed E-state index contributed by atoms with van der Waals surface area (Å²) >= 11 is 0. The van der Waals surface area contributed by atoms with Gasteiger partial charge in [-0.05, 0) is 101 Å². The molecule has 0 aromatic heterocycles. The lowest BCUT2D eigenvalue weighted by atomic mass is 9.55. The summed E-state index contributed by atoms with van der Waals surface area (Å²) in [7, 11) is 3.05. The molecular weight excluding hydrogens is 1000 g/mol. The van der Waals surface area contributed by atoms with Gasteiger partial charge in [-0.2, -0.15) is 0 Å². The molecule has 6 aromatic rings. The Bertz CT molecular complexity index is 3050. The molecule has 0 spiro atoms. The molecule has 1 saturated carbocycles. The van der Waals surface area contributed by atoms with Crippen LogP contribution in [0, 0.1) is 17.8 Å². The third kappa shape index (κ3) is 13.3. The smallest absolute Gasteiger partial charge is 0.417 e. The van der Waals surface area contributed by atoms with Crippen LogP contribution in [0.3, 0.4) is 0 Å². The molecule has 0 radical (unpaired) electrons. The van der Waals surface area contributed by atoms with Crippen LogP contribution in [-0.2, 0) is 38.8 Å². The van der Waals surface area contributed by atoms with E-state index in [0.717, 1.165) is 51.4 Å². The van der Waals surface area contributed by atoms with Gasteiger partial charge in [-0.15, -0.1) is 6.58 Å². The van der Waals surface area contributed by atoms with E-state index in [1.807, 2.05) is 109 Å². The fourth-order valence-corrected chi connectivity index (χ4v) is 11.6. The number of aliphatic hydroxyl groups is 2. The molecule has 79 heavy (non-hydrogen) atoms. The number of hydrogen-bond acceptors (Lipinski definition) is 13. The molecule has 1 fully saturated rings. The quantitative estimate of drug-likeness (QED) is 0.0267. The van der Waals surface area contributed by atoms with Crippen molar-refractivity contribution >= 4 is 34.4 Å². The van der Waals surface area contributed by atoms with E-state index in [9.17, 15) is 15.0 Å². The molecule has 6 atom stereocenters. The number of allylic oxidation sites excluding steroid dienone is 1. The number of nitrogens with zero attached hydrogens (tertiary/aromatic N) is 2. The molecule has 3 N–H and O–H groups in total. The Hall–Kier alpha value is -7.69. The number of fused-ring (bicyclic) bond motifs is 3. The number of rotatable bonds is 26. The number of ether oxygens (including phenoxy) is 7. The molecule has 414 valence electrons. The highest BCUT2D eigenvalue weighted by Gasteiger charge is 2.66. The summed E-state index contributed by atoms with van der Waals surface area (Å²) in [6, 6.07) is 43.2. The number of amides is 2. The minimum absolute atomic E-state index is 0.0232. The van der Waals surface area contributed by atoms with Crippen molar-refractivity contribution in [1.82, 2.24) is 4.90 Å². The lowest BCUT2D eigenvalue weighted by Crippen LogP contribution is -2.70. The fourth-order valence-electron chi connectivity index (χ4n) is 11.6. The first kappa shape index (κ1) is 56.0. The lowest BCUT2D eigenvalue weighted by Gasteiger charge is -2.59. The molecule has 0 bridgehead atoms. The number of methoxy groups -OCH3 is 2. The number of nitrogens with one attached hydrogen (secondary N) is 1. The molecule has 15 nitrogen and oxygen atoms in total. The first-order valence-electron chi connectivity index (χ1n) is 27.2. The number of hydrogen-bond donors (Lipinski definition) is 3. The van der Waals surface area contributed by atoms with Gasteiger partial charge in [0.1, 0.15) is 42.3 Å². The van der Waals surface area contributed by atoms with Gasteiger partial charge >= 0.3 is 12.2 Å². The predicted molar refractivity (Wildman–Crippen MR) is 302 cm³/mol. The van der Waals surface area contributed by atoms with Gasteiger partial charge in [0, 0.05) is 37.2 Å². The molecule has 1 heterocycles. The molecule has 2 amide bonds. The van der Waals surface area contributed by atoms with E-state index in [0.29, 0.717) is 60.9 Å². The van der Waals surface area contributed by atoms with E-state index < -0.39 is 35.9 Å². The van der Waals surface area contributed by atoms with E-state index in [-0.39, 0.29) is 70.2 Å². The summed E-state index contributed by atoms with van der Waals surface area (Å²) in [5.41, 5.74) is 5.42. The summed E-state index contributed by atoms with van der Waals surface area (Å²) in [5.74, 6) is -1.15. The van der Waals surface area contributed by atoms with Crippen LogP contribution < -0.4 is 24.3 Å². The van der Waals surface area contributed by atoms with Crippen molar-refractivity contribution < 1.29 is 57.8 Å². The second kappa shape index (κ2) is 27.3. The van der Waals surface area contributed by atoms with Crippen LogP contribution in [0.5, 0.6) is 23.0 Å². The zero-order chi connectivity index (χ0) is 55.0. The topological polar surface area (TPSA) is 176 Å². The monoisotopic (exact) mass is 1070 g/mol. The molecule has 2 aliphatic carbocycles. The van der Waals surface area contributed by atoms with E-state index in [2.05, 4.69) is 18.0 Å². The Morgan fingerprint density at radius 1 is 0.797 bits per heavy atom. The van der Waals surface area contributed by atoms with E-state index in [4.69, 9.17) is 43.2 Å². The number of oxime groups is 1. The standard InChI is InChI=1S/C64H71N3O12/c1-4-34-76-64-59(67(41-48-25-17-24-46-22-11-12-26-51(46)48)63(71)75-36-35-74-42-44-18-7-5-8-19-44)40-56(66-77-43-45-20-9-6-10-21-45)53-37-47(23-13-15-32-68)52(27-14-16-33-69)60(61(53)64)54-38-50(29-31-57(54)79-64)78-62(70)65-55-30-28-49(72-2)39-58(55)73-3/h4-12,17-22,24-26,28-31,37-39,47,52,59-61,68-69H,1,13-16,23,27,32-36,40-43H2,2-3H3,(H,65,70). The van der Waals surface area contributed by atoms with Gasteiger partial charge in [-0.25, -0.2) is 9.59 Å². The van der Waals surface area contributed by atoms with Crippen molar-refractivity contribution in [3.05, 3.63) is 186 Å².